The molecule has 0 radical (unpaired) electrons. The van der Waals surface area contributed by atoms with Crippen LogP contribution in [0.4, 0.5) is 0 Å². The first-order valence-corrected chi connectivity index (χ1v) is 7.45. The van der Waals surface area contributed by atoms with Gasteiger partial charge in [-0.25, -0.2) is 0 Å². The number of hydrogen-bond acceptors (Lipinski definition) is 3. The number of likely N-dealkylation sites (tertiary alicyclic amines) is 1. The molecule has 1 aromatic carbocycles. The van der Waals surface area contributed by atoms with Gasteiger partial charge in [0.15, 0.2) is 0 Å². The minimum absolute atomic E-state index is 0.312. The molecule has 3 heteroatoms. The molecule has 2 heterocycles. The first-order valence-electron chi connectivity index (χ1n) is 7.45. The van der Waals surface area contributed by atoms with E-state index in [1.54, 1.807) is 0 Å². The molecule has 0 saturated carbocycles. The maximum Gasteiger partial charge on any atom is 0.0708 e. The molecule has 1 saturated heterocycles. The standard InChI is InChI=1S/C17H22N2O/c1-13-9-15(16-6-2-3-7-17(16)18-13)11-19-8-4-5-14(10-19)12-20/h2-3,6-7,9,14,20H,4-5,8,10-12H2,1H3. The van der Waals surface area contributed by atoms with E-state index in [0.29, 0.717) is 12.5 Å². The molecule has 1 aliphatic rings. The van der Waals surface area contributed by atoms with Crippen LogP contribution < -0.4 is 0 Å². The molecule has 3 rings (SSSR count). The lowest BCUT2D eigenvalue weighted by molar-refractivity contribution is 0.116. The lowest BCUT2D eigenvalue weighted by Gasteiger charge is -2.32. The predicted octanol–water partition coefficient (Wildman–Crippen LogP) is 2.75. The summed E-state index contributed by atoms with van der Waals surface area (Å²) in [6, 6.07) is 10.6. The molecule has 0 aliphatic carbocycles. The number of pyridine rings is 1. The molecule has 0 amide bonds. The van der Waals surface area contributed by atoms with Gasteiger partial charge in [-0.3, -0.25) is 9.88 Å². The third kappa shape index (κ3) is 2.84. The monoisotopic (exact) mass is 270 g/mol. The summed E-state index contributed by atoms with van der Waals surface area (Å²) in [7, 11) is 0. The molecule has 0 spiro atoms. The maximum absolute atomic E-state index is 9.35. The van der Waals surface area contributed by atoms with Crippen LogP contribution in [-0.2, 0) is 6.54 Å². The van der Waals surface area contributed by atoms with Crippen molar-refractivity contribution in [3.63, 3.8) is 0 Å². The lowest BCUT2D eigenvalue weighted by Crippen LogP contribution is -2.36. The number of rotatable bonds is 3. The number of fused-ring (bicyclic) bond motifs is 1. The summed E-state index contributed by atoms with van der Waals surface area (Å²) >= 11 is 0. The van der Waals surface area contributed by atoms with E-state index >= 15 is 0 Å². The van der Waals surface area contributed by atoms with Crippen molar-refractivity contribution in [2.75, 3.05) is 19.7 Å². The number of piperidine rings is 1. The first kappa shape index (κ1) is 13.5. The summed E-state index contributed by atoms with van der Waals surface area (Å²) in [5, 5.41) is 10.6. The van der Waals surface area contributed by atoms with Gasteiger partial charge < -0.3 is 5.11 Å². The van der Waals surface area contributed by atoms with Gasteiger partial charge in [-0.2, -0.15) is 0 Å². The number of nitrogens with zero attached hydrogens (tertiary/aromatic N) is 2. The summed E-state index contributed by atoms with van der Waals surface area (Å²) < 4.78 is 0. The number of benzene rings is 1. The van der Waals surface area contributed by atoms with Crippen molar-refractivity contribution in [2.45, 2.75) is 26.3 Å². The Morgan fingerprint density at radius 3 is 3.05 bits per heavy atom. The van der Waals surface area contributed by atoms with E-state index in [0.717, 1.165) is 37.3 Å². The molecule has 1 fully saturated rings. The van der Waals surface area contributed by atoms with E-state index in [2.05, 4.69) is 41.1 Å². The number of aryl methyl sites for hydroxylation is 1. The fraction of sp³-hybridized carbons (Fsp3) is 0.471. The Labute approximate surface area is 120 Å². The molecular formula is C17H22N2O. The Balaban J connectivity index is 1.86. The number of aromatic nitrogens is 1. The number of aliphatic hydroxyl groups is 1. The highest BCUT2D eigenvalue weighted by molar-refractivity contribution is 5.82. The van der Waals surface area contributed by atoms with Crippen molar-refractivity contribution in [1.82, 2.24) is 9.88 Å². The third-order valence-corrected chi connectivity index (χ3v) is 4.19. The van der Waals surface area contributed by atoms with E-state index < -0.39 is 0 Å². The zero-order valence-electron chi connectivity index (χ0n) is 12.0. The second kappa shape index (κ2) is 5.90. The average Bonchev–Trinajstić information content (AvgIpc) is 2.47. The van der Waals surface area contributed by atoms with E-state index in [1.165, 1.54) is 17.4 Å². The van der Waals surface area contributed by atoms with Crippen LogP contribution in [0.3, 0.4) is 0 Å². The summed E-state index contributed by atoms with van der Waals surface area (Å²) in [6.07, 6.45) is 2.34. The third-order valence-electron chi connectivity index (χ3n) is 4.19. The molecule has 1 atom stereocenters. The topological polar surface area (TPSA) is 36.4 Å². The van der Waals surface area contributed by atoms with Crippen molar-refractivity contribution in [3.8, 4) is 0 Å². The molecule has 20 heavy (non-hydrogen) atoms. The van der Waals surface area contributed by atoms with E-state index in [1.807, 2.05) is 6.07 Å². The van der Waals surface area contributed by atoms with Crippen LogP contribution in [0.5, 0.6) is 0 Å². The summed E-state index contributed by atoms with van der Waals surface area (Å²) in [5.41, 5.74) is 3.51. The molecule has 106 valence electrons. The minimum atomic E-state index is 0.312. The summed E-state index contributed by atoms with van der Waals surface area (Å²) in [4.78, 5) is 7.07. The van der Waals surface area contributed by atoms with Crippen LogP contribution in [0.2, 0.25) is 0 Å². The van der Waals surface area contributed by atoms with E-state index in [-0.39, 0.29) is 0 Å². The maximum atomic E-state index is 9.35. The fourth-order valence-electron chi connectivity index (χ4n) is 3.21. The van der Waals surface area contributed by atoms with Gasteiger partial charge >= 0.3 is 0 Å². The van der Waals surface area contributed by atoms with E-state index in [4.69, 9.17) is 0 Å². The Kier molecular flexibility index (Phi) is 3.99. The number of hydrogen-bond donors (Lipinski definition) is 1. The van der Waals surface area contributed by atoms with Crippen LogP contribution in [0, 0.1) is 12.8 Å². The van der Waals surface area contributed by atoms with Gasteiger partial charge in [0.05, 0.1) is 5.52 Å². The lowest BCUT2D eigenvalue weighted by atomic mass is 9.98. The van der Waals surface area contributed by atoms with Gasteiger partial charge in [0.2, 0.25) is 0 Å². The Hall–Kier alpha value is -1.45. The predicted molar refractivity (Wildman–Crippen MR) is 81.6 cm³/mol. The van der Waals surface area contributed by atoms with Crippen molar-refractivity contribution >= 4 is 10.9 Å². The molecule has 1 N–H and O–H groups in total. The van der Waals surface area contributed by atoms with Gasteiger partial charge in [-0.1, -0.05) is 18.2 Å². The average molecular weight is 270 g/mol. The summed E-state index contributed by atoms with van der Waals surface area (Å²) in [6.45, 7) is 5.47. The Morgan fingerprint density at radius 1 is 1.35 bits per heavy atom. The van der Waals surface area contributed by atoms with E-state index in [9.17, 15) is 5.11 Å². The highest BCUT2D eigenvalue weighted by Gasteiger charge is 2.19. The molecule has 3 nitrogen and oxygen atoms in total. The van der Waals surface area contributed by atoms with Gasteiger partial charge in [-0.15, -0.1) is 0 Å². The Bertz CT molecular complexity index is 597. The quantitative estimate of drug-likeness (QED) is 0.931. The smallest absolute Gasteiger partial charge is 0.0708 e. The van der Waals surface area contributed by atoms with Crippen LogP contribution in [0.25, 0.3) is 10.9 Å². The van der Waals surface area contributed by atoms with Crippen molar-refractivity contribution in [3.05, 3.63) is 41.6 Å². The van der Waals surface area contributed by atoms with Gasteiger partial charge in [-0.05, 0) is 49.9 Å². The normalized spacial score (nSPS) is 20.4. The second-order valence-corrected chi connectivity index (χ2v) is 5.87. The van der Waals surface area contributed by atoms with Gasteiger partial charge in [0.25, 0.3) is 0 Å². The minimum Gasteiger partial charge on any atom is -0.396 e. The van der Waals surface area contributed by atoms with Gasteiger partial charge in [0, 0.05) is 30.8 Å². The van der Waals surface area contributed by atoms with Crippen LogP contribution in [0.1, 0.15) is 24.1 Å². The molecule has 1 aliphatic heterocycles. The van der Waals surface area contributed by atoms with Crippen molar-refractivity contribution < 1.29 is 5.11 Å². The fourth-order valence-corrected chi connectivity index (χ4v) is 3.21. The highest BCUT2D eigenvalue weighted by Crippen LogP contribution is 2.23. The SMILES string of the molecule is Cc1cc(CN2CCCC(CO)C2)c2ccccc2n1. The molecule has 0 bridgehead atoms. The molecule has 2 aromatic rings. The highest BCUT2D eigenvalue weighted by atomic mass is 16.3. The van der Waals surface area contributed by atoms with Crippen LogP contribution >= 0.6 is 0 Å². The molecular weight excluding hydrogens is 248 g/mol. The van der Waals surface area contributed by atoms with Crippen LogP contribution in [0.15, 0.2) is 30.3 Å². The van der Waals surface area contributed by atoms with Crippen molar-refractivity contribution in [1.29, 1.82) is 0 Å². The Morgan fingerprint density at radius 2 is 2.20 bits per heavy atom. The largest absolute Gasteiger partial charge is 0.396 e. The zero-order chi connectivity index (χ0) is 13.9. The molecule has 1 aromatic heterocycles. The number of aliphatic hydroxyl groups excluding tert-OH is 1. The summed E-state index contributed by atoms with van der Waals surface area (Å²) in [5.74, 6) is 0.443. The van der Waals surface area contributed by atoms with Gasteiger partial charge in [0.1, 0.15) is 0 Å². The first-order chi connectivity index (χ1) is 9.76. The second-order valence-electron chi connectivity index (χ2n) is 5.87. The number of para-hydroxylation sites is 1. The zero-order valence-corrected chi connectivity index (χ0v) is 12.0. The van der Waals surface area contributed by atoms with Crippen molar-refractivity contribution in [2.24, 2.45) is 5.92 Å². The molecule has 1 unspecified atom stereocenters. The van der Waals surface area contributed by atoms with Crippen LogP contribution in [-0.4, -0.2) is 34.7 Å².